The fraction of sp³-hybridized carbons (Fsp3) is 0.0938. The molecule has 0 spiro atoms. The van der Waals surface area contributed by atoms with Crippen LogP contribution in [0.5, 0.6) is 0 Å². The number of benzene rings is 4. The quantitative estimate of drug-likeness (QED) is 0.268. The molecular formula is C32H24N2. The number of hydrogen-bond acceptors (Lipinski definition) is 1. The average molecular weight is 437 g/mol. The topological polar surface area (TPSA) is 17.8 Å². The third-order valence-corrected chi connectivity index (χ3v) is 7.42. The molecule has 0 amide bonds. The van der Waals surface area contributed by atoms with Crippen LogP contribution in [0.1, 0.15) is 25.0 Å². The Morgan fingerprint density at radius 1 is 0.618 bits per heavy atom. The van der Waals surface area contributed by atoms with E-state index in [1.54, 1.807) is 0 Å². The smallest absolute Gasteiger partial charge is 0.0702 e. The van der Waals surface area contributed by atoms with Crippen LogP contribution >= 0.6 is 0 Å². The molecule has 2 nitrogen and oxygen atoms in total. The van der Waals surface area contributed by atoms with Crippen LogP contribution in [-0.4, -0.2) is 9.55 Å². The van der Waals surface area contributed by atoms with Gasteiger partial charge in [0.1, 0.15) is 0 Å². The molecule has 1 aliphatic rings. The van der Waals surface area contributed by atoms with Crippen LogP contribution in [0.4, 0.5) is 0 Å². The summed E-state index contributed by atoms with van der Waals surface area (Å²) in [5.41, 5.74) is 11.1. The Kier molecular flexibility index (Phi) is 3.93. The normalized spacial score (nSPS) is 13.8. The van der Waals surface area contributed by atoms with E-state index >= 15 is 0 Å². The predicted molar refractivity (Wildman–Crippen MR) is 142 cm³/mol. The molecule has 162 valence electrons. The van der Waals surface area contributed by atoms with Gasteiger partial charge in [-0.05, 0) is 64.7 Å². The maximum absolute atomic E-state index is 4.57. The molecule has 0 unspecified atom stereocenters. The second kappa shape index (κ2) is 6.91. The molecule has 7 rings (SSSR count). The van der Waals surface area contributed by atoms with Gasteiger partial charge in [-0.1, -0.05) is 74.5 Å². The van der Waals surface area contributed by atoms with Crippen molar-refractivity contribution >= 4 is 21.8 Å². The van der Waals surface area contributed by atoms with Gasteiger partial charge in [-0.2, -0.15) is 0 Å². The maximum Gasteiger partial charge on any atom is 0.0702 e. The van der Waals surface area contributed by atoms with E-state index in [-0.39, 0.29) is 5.41 Å². The lowest BCUT2D eigenvalue weighted by Gasteiger charge is -2.35. The minimum Gasteiger partial charge on any atom is -0.309 e. The monoisotopic (exact) mass is 436 g/mol. The molecule has 0 N–H and O–H groups in total. The van der Waals surface area contributed by atoms with Gasteiger partial charge in [-0.3, -0.25) is 4.98 Å². The van der Waals surface area contributed by atoms with Gasteiger partial charge in [-0.15, -0.1) is 0 Å². The number of para-hydroxylation sites is 2. The second-order valence-electron chi connectivity index (χ2n) is 9.71. The highest BCUT2D eigenvalue weighted by Gasteiger charge is 2.35. The molecule has 4 aromatic carbocycles. The van der Waals surface area contributed by atoms with Crippen LogP contribution in [0.2, 0.25) is 0 Å². The van der Waals surface area contributed by atoms with Crippen molar-refractivity contribution < 1.29 is 0 Å². The molecule has 0 saturated carbocycles. The molecule has 0 fully saturated rings. The van der Waals surface area contributed by atoms with Crippen molar-refractivity contribution in [3.8, 4) is 28.1 Å². The second-order valence-corrected chi connectivity index (χ2v) is 9.71. The predicted octanol–water partition coefficient (Wildman–Crippen LogP) is 8.15. The van der Waals surface area contributed by atoms with Gasteiger partial charge < -0.3 is 4.57 Å². The molecule has 1 aliphatic heterocycles. The molecule has 34 heavy (non-hydrogen) atoms. The maximum atomic E-state index is 4.57. The first kappa shape index (κ1) is 19.3. The lowest BCUT2D eigenvalue weighted by molar-refractivity contribution is 0.630. The zero-order valence-electron chi connectivity index (χ0n) is 19.3. The van der Waals surface area contributed by atoms with Gasteiger partial charge in [0.15, 0.2) is 0 Å². The Bertz CT molecular complexity index is 1720. The van der Waals surface area contributed by atoms with Crippen molar-refractivity contribution in [1.82, 2.24) is 9.55 Å². The first-order chi connectivity index (χ1) is 16.6. The summed E-state index contributed by atoms with van der Waals surface area (Å²) < 4.78 is 2.47. The number of hydrogen-bond donors (Lipinski definition) is 0. The van der Waals surface area contributed by atoms with E-state index in [4.69, 9.17) is 0 Å². The van der Waals surface area contributed by atoms with E-state index in [1.807, 2.05) is 18.3 Å². The fourth-order valence-corrected chi connectivity index (χ4v) is 5.72. The van der Waals surface area contributed by atoms with E-state index in [0.717, 1.165) is 11.3 Å². The SMILES string of the molecule is CC1(C)c2ccccc2-n2c3ccccc3c3cc(-c4cccc(-c5ccccn5)c4)cc1c32. The molecule has 6 aromatic rings. The third kappa shape index (κ3) is 2.60. The van der Waals surface area contributed by atoms with E-state index in [1.165, 1.54) is 49.7 Å². The van der Waals surface area contributed by atoms with Crippen LogP contribution in [-0.2, 0) is 5.41 Å². The summed E-state index contributed by atoms with van der Waals surface area (Å²) in [6, 6.07) is 37.3. The minimum atomic E-state index is -0.103. The summed E-state index contributed by atoms with van der Waals surface area (Å²) in [6.07, 6.45) is 1.85. The van der Waals surface area contributed by atoms with Gasteiger partial charge in [0.05, 0.1) is 22.4 Å². The van der Waals surface area contributed by atoms with Crippen molar-refractivity contribution in [2.24, 2.45) is 0 Å². The van der Waals surface area contributed by atoms with E-state index < -0.39 is 0 Å². The number of aromatic nitrogens is 2. The van der Waals surface area contributed by atoms with Crippen LogP contribution in [0.3, 0.4) is 0 Å². The van der Waals surface area contributed by atoms with Crippen LogP contribution in [0.25, 0.3) is 49.9 Å². The van der Waals surface area contributed by atoms with Gasteiger partial charge >= 0.3 is 0 Å². The highest BCUT2D eigenvalue weighted by Crippen LogP contribution is 2.48. The molecule has 0 bridgehead atoms. The highest BCUT2D eigenvalue weighted by molar-refractivity contribution is 6.12. The lowest BCUT2D eigenvalue weighted by Crippen LogP contribution is -2.26. The summed E-state index contributed by atoms with van der Waals surface area (Å²) in [5.74, 6) is 0. The standard InChI is InChI=1S/C32H24N2/c1-32(2)26-13-4-6-16-30(26)34-29-15-5-3-12-24(29)25-19-23(20-27(32)31(25)34)21-10-9-11-22(18-21)28-14-7-8-17-33-28/h3-20H,1-2H3. The van der Waals surface area contributed by atoms with Crippen LogP contribution < -0.4 is 0 Å². The average Bonchev–Trinajstić information content (AvgIpc) is 3.22. The van der Waals surface area contributed by atoms with Crippen LogP contribution in [0.15, 0.2) is 109 Å². The fourth-order valence-electron chi connectivity index (χ4n) is 5.72. The summed E-state index contributed by atoms with van der Waals surface area (Å²) >= 11 is 0. The van der Waals surface area contributed by atoms with Crippen molar-refractivity contribution in [2.75, 3.05) is 0 Å². The number of pyridine rings is 1. The number of fused-ring (bicyclic) bond motifs is 5. The summed E-state index contributed by atoms with van der Waals surface area (Å²) in [6.45, 7) is 4.71. The molecule has 2 aromatic heterocycles. The molecule has 2 heteroatoms. The summed E-state index contributed by atoms with van der Waals surface area (Å²) in [5, 5.41) is 2.61. The largest absolute Gasteiger partial charge is 0.309 e. The molecule has 0 radical (unpaired) electrons. The van der Waals surface area contributed by atoms with Gasteiger partial charge in [-0.25, -0.2) is 0 Å². The zero-order chi connectivity index (χ0) is 22.9. The van der Waals surface area contributed by atoms with E-state index in [0.29, 0.717) is 0 Å². The minimum absolute atomic E-state index is 0.103. The Morgan fingerprint density at radius 3 is 2.29 bits per heavy atom. The Balaban J connectivity index is 1.56. The first-order valence-electron chi connectivity index (χ1n) is 11.8. The molecule has 0 saturated heterocycles. The summed E-state index contributed by atoms with van der Waals surface area (Å²) in [4.78, 5) is 4.57. The lowest BCUT2D eigenvalue weighted by atomic mass is 9.74. The van der Waals surface area contributed by atoms with Crippen LogP contribution in [0, 0.1) is 0 Å². The highest BCUT2D eigenvalue weighted by atomic mass is 15.0. The third-order valence-electron chi connectivity index (χ3n) is 7.42. The molecular weight excluding hydrogens is 412 g/mol. The molecule has 0 aliphatic carbocycles. The van der Waals surface area contributed by atoms with Crippen molar-refractivity contribution in [1.29, 1.82) is 0 Å². The Labute approximate surface area is 199 Å². The Hall–Kier alpha value is -4.17. The number of rotatable bonds is 2. The zero-order valence-corrected chi connectivity index (χ0v) is 19.3. The first-order valence-corrected chi connectivity index (χ1v) is 11.8. The van der Waals surface area contributed by atoms with Crippen molar-refractivity contribution in [3.63, 3.8) is 0 Å². The van der Waals surface area contributed by atoms with Crippen molar-refractivity contribution in [2.45, 2.75) is 19.3 Å². The molecule has 3 heterocycles. The van der Waals surface area contributed by atoms with Gasteiger partial charge in [0, 0.05) is 27.9 Å². The number of nitrogens with zero attached hydrogens (tertiary/aromatic N) is 2. The van der Waals surface area contributed by atoms with Crippen molar-refractivity contribution in [3.05, 3.63) is 120 Å². The van der Waals surface area contributed by atoms with E-state index in [2.05, 4.69) is 114 Å². The summed E-state index contributed by atoms with van der Waals surface area (Å²) in [7, 11) is 0. The molecule has 0 atom stereocenters. The Morgan fingerprint density at radius 2 is 1.41 bits per heavy atom. The van der Waals surface area contributed by atoms with Gasteiger partial charge in [0.2, 0.25) is 0 Å². The van der Waals surface area contributed by atoms with E-state index in [9.17, 15) is 0 Å². The van der Waals surface area contributed by atoms with Gasteiger partial charge in [0.25, 0.3) is 0 Å².